The highest BCUT2D eigenvalue weighted by molar-refractivity contribution is 7.89. The minimum absolute atomic E-state index is 0.139. The molecule has 2 atom stereocenters. The lowest BCUT2D eigenvalue weighted by atomic mass is 10.0. The Morgan fingerprint density at radius 3 is 2.62 bits per heavy atom. The molecule has 6 heteroatoms. The standard InChI is InChI=1S/C15H23N3O2S/c1-18(15-10-13-5-6-14(11-15)17-13)21(19,20)9-7-12-4-2-3-8-16-12/h2-4,8,13-15,17H,5-7,9-11H2,1H3. The van der Waals surface area contributed by atoms with Crippen molar-refractivity contribution >= 4 is 10.0 Å². The predicted molar refractivity (Wildman–Crippen MR) is 82.5 cm³/mol. The highest BCUT2D eigenvalue weighted by Crippen LogP contribution is 2.30. The fraction of sp³-hybridized carbons (Fsp3) is 0.667. The van der Waals surface area contributed by atoms with Crippen molar-refractivity contribution < 1.29 is 8.42 Å². The van der Waals surface area contributed by atoms with E-state index in [0.717, 1.165) is 18.5 Å². The molecular formula is C15H23N3O2S. The smallest absolute Gasteiger partial charge is 0.214 e. The van der Waals surface area contributed by atoms with E-state index >= 15 is 0 Å². The van der Waals surface area contributed by atoms with Crippen molar-refractivity contribution in [3.05, 3.63) is 30.1 Å². The number of piperidine rings is 1. The minimum Gasteiger partial charge on any atom is -0.311 e. The molecule has 2 aliphatic heterocycles. The molecule has 2 aliphatic rings. The molecule has 2 unspecified atom stereocenters. The van der Waals surface area contributed by atoms with Crippen molar-refractivity contribution in [2.75, 3.05) is 12.8 Å². The van der Waals surface area contributed by atoms with E-state index in [4.69, 9.17) is 0 Å². The van der Waals surface area contributed by atoms with Gasteiger partial charge in [0.25, 0.3) is 0 Å². The van der Waals surface area contributed by atoms with Gasteiger partial charge in [0.05, 0.1) is 5.75 Å². The molecule has 5 nitrogen and oxygen atoms in total. The molecule has 2 saturated heterocycles. The number of aromatic nitrogens is 1. The van der Waals surface area contributed by atoms with Crippen LogP contribution in [0.5, 0.6) is 0 Å². The molecule has 116 valence electrons. The topological polar surface area (TPSA) is 62.3 Å². The van der Waals surface area contributed by atoms with E-state index in [2.05, 4.69) is 10.3 Å². The normalized spacial score (nSPS) is 29.0. The van der Waals surface area contributed by atoms with E-state index in [1.165, 1.54) is 12.8 Å². The van der Waals surface area contributed by atoms with Crippen LogP contribution < -0.4 is 5.32 Å². The maximum atomic E-state index is 12.5. The maximum absolute atomic E-state index is 12.5. The number of aryl methyl sites for hydroxylation is 1. The lowest BCUT2D eigenvalue weighted by Gasteiger charge is -2.34. The SMILES string of the molecule is CN(C1CC2CCC(C1)N2)S(=O)(=O)CCc1ccccn1. The number of nitrogens with zero attached hydrogens (tertiary/aromatic N) is 2. The van der Waals surface area contributed by atoms with Crippen molar-refractivity contribution in [2.45, 2.75) is 50.2 Å². The number of hydrogen-bond donors (Lipinski definition) is 1. The summed E-state index contributed by atoms with van der Waals surface area (Å²) in [6.45, 7) is 0. The summed E-state index contributed by atoms with van der Waals surface area (Å²) in [5, 5.41) is 3.55. The summed E-state index contributed by atoms with van der Waals surface area (Å²) in [7, 11) is -1.47. The molecule has 2 bridgehead atoms. The number of pyridine rings is 1. The van der Waals surface area contributed by atoms with Crippen molar-refractivity contribution in [3.8, 4) is 0 Å². The third-order valence-corrected chi connectivity index (χ3v) is 6.64. The Bertz CT molecular complexity index is 564. The number of fused-ring (bicyclic) bond motifs is 2. The number of hydrogen-bond acceptors (Lipinski definition) is 4. The van der Waals surface area contributed by atoms with Crippen molar-refractivity contribution in [3.63, 3.8) is 0 Å². The molecule has 0 aromatic carbocycles. The zero-order chi connectivity index (χ0) is 14.9. The third-order valence-electron chi connectivity index (χ3n) is 4.74. The van der Waals surface area contributed by atoms with Gasteiger partial charge >= 0.3 is 0 Å². The van der Waals surface area contributed by atoms with E-state index in [-0.39, 0.29) is 11.8 Å². The molecule has 1 aromatic heterocycles. The Morgan fingerprint density at radius 1 is 1.29 bits per heavy atom. The zero-order valence-corrected chi connectivity index (χ0v) is 13.2. The van der Waals surface area contributed by atoms with Gasteiger partial charge in [0, 0.05) is 43.5 Å². The summed E-state index contributed by atoms with van der Waals surface area (Å²) in [6, 6.07) is 6.76. The summed E-state index contributed by atoms with van der Waals surface area (Å²) in [5.41, 5.74) is 0.833. The first-order valence-electron chi connectivity index (χ1n) is 7.66. The second-order valence-electron chi connectivity index (χ2n) is 6.17. The Hall–Kier alpha value is -0.980. The van der Waals surface area contributed by atoms with Crippen LogP contribution in [0.15, 0.2) is 24.4 Å². The van der Waals surface area contributed by atoms with Crippen LogP contribution in [0.1, 0.15) is 31.4 Å². The largest absolute Gasteiger partial charge is 0.311 e. The first-order chi connectivity index (χ1) is 10.0. The summed E-state index contributed by atoms with van der Waals surface area (Å²) in [4.78, 5) is 4.19. The molecule has 2 fully saturated rings. The molecule has 0 spiro atoms. The van der Waals surface area contributed by atoms with Gasteiger partial charge in [-0.3, -0.25) is 4.98 Å². The van der Waals surface area contributed by atoms with Crippen LogP contribution in [-0.2, 0) is 16.4 Å². The van der Waals surface area contributed by atoms with Crippen molar-refractivity contribution in [1.82, 2.24) is 14.6 Å². The summed E-state index contributed by atoms with van der Waals surface area (Å²) in [6.07, 6.45) is 6.43. The summed E-state index contributed by atoms with van der Waals surface area (Å²) in [5.74, 6) is 0.139. The molecular weight excluding hydrogens is 286 g/mol. The van der Waals surface area contributed by atoms with E-state index in [1.54, 1.807) is 17.5 Å². The lowest BCUT2D eigenvalue weighted by molar-refractivity contribution is 0.251. The van der Waals surface area contributed by atoms with E-state index < -0.39 is 10.0 Å². The van der Waals surface area contributed by atoms with Crippen LogP contribution in [0.25, 0.3) is 0 Å². The van der Waals surface area contributed by atoms with Gasteiger partial charge in [0.2, 0.25) is 10.0 Å². The van der Waals surface area contributed by atoms with Crippen molar-refractivity contribution in [1.29, 1.82) is 0 Å². The number of rotatable bonds is 5. The fourth-order valence-corrected chi connectivity index (χ4v) is 4.86. The average molecular weight is 309 g/mol. The summed E-state index contributed by atoms with van der Waals surface area (Å²) >= 11 is 0. The van der Waals surface area contributed by atoms with E-state index in [1.807, 2.05) is 18.2 Å². The molecule has 21 heavy (non-hydrogen) atoms. The minimum atomic E-state index is -3.21. The van der Waals surface area contributed by atoms with Gasteiger partial charge in [0.15, 0.2) is 0 Å². The van der Waals surface area contributed by atoms with Gasteiger partial charge in [-0.2, -0.15) is 0 Å². The molecule has 1 aromatic rings. The molecule has 3 rings (SSSR count). The van der Waals surface area contributed by atoms with Gasteiger partial charge in [-0.15, -0.1) is 0 Å². The summed E-state index contributed by atoms with van der Waals surface area (Å²) < 4.78 is 26.6. The second kappa shape index (κ2) is 6.02. The molecule has 0 amide bonds. The van der Waals surface area contributed by atoms with Crippen LogP contribution in [0, 0.1) is 0 Å². The second-order valence-corrected chi connectivity index (χ2v) is 8.31. The first kappa shape index (κ1) is 14.9. The first-order valence-corrected chi connectivity index (χ1v) is 9.27. The van der Waals surface area contributed by atoms with Gasteiger partial charge in [-0.1, -0.05) is 6.07 Å². The Kier molecular flexibility index (Phi) is 4.28. The Balaban J connectivity index is 1.61. The number of sulfonamides is 1. The van der Waals surface area contributed by atoms with Crippen LogP contribution in [0.2, 0.25) is 0 Å². The molecule has 3 heterocycles. The predicted octanol–water partition coefficient (Wildman–Crippen LogP) is 1.17. The van der Waals surface area contributed by atoms with E-state index in [9.17, 15) is 8.42 Å². The van der Waals surface area contributed by atoms with Crippen LogP contribution in [0.4, 0.5) is 0 Å². The maximum Gasteiger partial charge on any atom is 0.214 e. The number of nitrogens with one attached hydrogen (secondary N) is 1. The monoisotopic (exact) mass is 309 g/mol. The van der Waals surface area contributed by atoms with Gasteiger partial charge < -0.3 is 5.32 Å². The van der Waals surface area contributed by atoms with Gasteiger partial charge in [-0.25, -0.2) is 12.7 Å². The molecule has 1 N–H and O–H groups in total. The quantitative estimate of drug-likeness (QED) is 0.887. The highest BCUT2D eigenvalue weighted by Gasteiger charge is 2.38. The lowest BCUT2D eigenvalue weighted by Crippen LogP contribution is -2.49. The average Bonchev–Trinajstić information content (AvgIpc) is 2.84. The van der Waals surface area contributed by atoms with Crippen molar-refractivity contribution in [2.24, 2.45) is 0 Å². The molecule has 0 saturated carbocycles. The van der Waals surface area contributed by atoms with Gasteiger partial charge in [0.1, 0.15) is 0 Å². The Labute approximate surface area is 126 Å². The van der Waals surface area contributed by atoms with Crippen LogP contribution >= 0.6 is 0 Å². The Morgan fingerprint density at radius 2 is 2.00 bits per heavy atom. The fourth-order valence-electron chi connectivity index (χ4n) is 3.47. The highest BCUT2D eigenvalue weighted by atomic mass is 32.2. The molecule has 0 aliphatic carbocycles. The third kappa shape index (κ3) is 3.44. The molecule has 0 radical (unpaired) electrons. The van der Waals surface area contributed by atoms with Crippen LogP contribution in [0.3, 0.4) is 0 Å². The van der Waals surface area contributed by atoms with E-state index in [0.29, 0.717) is 18.5 Å². The van der Waals surface area contributed by atoms with Crippen LogP contribution in [-0.4, -0.2) is 48.6 Å². The van der Waals surface area contributed by atoms with Gasteiger partial charge in [-0.05, 0) is 37.8 Å². The zero-order valence-electron chi connectivity index (χ0n) is 12.4.